The van der Waals surface area contributed by atoms with E-state index in [-0.39, 0.29) is 29.6 Å². The molecular weight excluding hydrogens is 354 g/mol. The van der Waals surface area contributed by atoms with E-state index in [1.54, 1.807) is 21.9 Å². The van der Waals surface area contributed by atoms with Crippen molar-refractivity contribution in [3.63, 3.8) is 0 Å². The monoisotopic (exact) mass is 374 g/mol. The van der Waals surface area contributed by atoms with E-state index in [4.69, 9.17) is 4.74 Å². The number of carbonyl (C=O) groups is 2. The summed E-state index contributed by atoms with van der Waals surface area (Å²) < 4.78 is 31.9. The van der Waals surface area contributed by atoms with Gasteiger partial charge < -0.3 is 14.5 Å². The fourth-order valence-electron chi connectivity index (χ4n) is 3.11. The number of hydrogen-bond donors (Lipinski definition) is 0. The van der Waals surface area contributed by atoms with Gasteiger partial charge in [0, 0.05) is 26.2 Å². The maximum absolute atomic E-state index is 13.5. The van der Waals surface area contributed by atoms with Crippen molar-refractivity contribution in [3.05, 3.63) is 65.2 Å². The third-order valence-electron chi connectivity index (χ3n) is 4.56. The summed E-state index contributed by atoms with van der Waals surface area (Å²) in [6, 6.07) is 9.76. The topological polar surface area (TPSA) is 49.9 Å². The van der Waals surface area contributed by atoms with Crippen LogP contribution in [0.2, 0.25) is 0 Å². The fourth-order valence-corrected chi connectivity index (χ4v) is 3.11. The summed E-state index contributed by atoms with van der Waals surface area (Å²) in [7, 11) is 1.42. The second-order valence-corrected chi connectivity index (χ2v) is 6.32. The number of amides is 2. The first kappa shape index (κ1) is 18.8. The summed E-state index contributed by atoms with van der Waals surface area (Å²) in [6.45, 7) is 1.43. The Morgan fingerprint density at radius 1 is 0.963 bits per heavy atom. The highest BCUT2D eigenvalue weighted by atomic mass is 19.1. The summed E-state index contributed by atoms with van der Waals surface area (Å²) in [6.07, 6.45) is 0.115. The van der Waals surface area contributed by atoms with E-state index in [2.05, 4.69) is 0 Å². The van der Waals surface area contributed by atoms with E-state index in [0.717, 1.165) is 6.07 Å². The molecule has 0 unspecified atom stereocenters. The van der Waals surface area contributed by atoms with Crippen molar-refractivity contribution >= 4 is 11.8 Å². The summed E-state index contributed by atoms with van der Waals surface area (Å²) >= 11 is 0. The Balaban J connectivity index is 1.61. The minimum absolute atomic E-state index is 0.115. The molecule has 0 aliphatic carbocycles. The average Bonchev–Trinajstić information content (AvgIpc) is 2.67. The molecule has 2 aromatic rings. The van der Waals surface area contributed by atoms with Gasteiger partial charge in [-0.1, -0.05) is 12.1 Å². The number of methoxy groups -OCH3 is 1. The van der Waals surface area contributed by atoms with Gasteiger partial charge in [-0.05, 0) is 35.9 Å². The maximum Gasteiger partial charge on any atom is 0.257 e. The van der Waals surface area contributed by atoms with Crippen molar-refractivity contribution in [1.82, 2.24) is 9.80 Å². The Hall–Kier alpha value is -2.96. The molecule has 0 aromatic heterocycles. The molecule has 1 heterocycles. The molecule has 142 valence electrons. The van der Waals surface area contributed by atoms with E-state index in [1.807, 2.05) is 0 Å². The number of carbonyl (C=O) groups excluding carboxylic acids is 2. The number of piperazine rings is 1. The van der Waals surface area contributed by atoms with Crippen LogP contribution in [0.5, 0.6) is 5.75 Å². The largest absolute Gasteiger partial charge is 0.496 e. The second-order valence-electron chi connectivity index (χ2n) is 6.32. The number of hydrogen-bond acceptors (Lipinski definition) is 3. The van der Waals surface area contributed by atoms with Crippen LogP contribution < -0.4 is 4.74 Å². The number of ether oxygens (including phenoxy) is 1. The molecule has 0 N–H and O–H groups in total. The zero-order valence-corrected chi connectivity index (χ0v) is 15.0. The molecule has 1 fully saturated rings. The van der Waals surface area contributed by atoms with Crippen LogP contribution in [0.3, 0.4) is 0 Å². The van der Waals surface area contributed by atoms with Gasteiger partial charge in [-0.25, -0.2) is 8.78 Å². The van der Waals surface area contributed by atoms with Crippen LogP contribution in [0.4, 0.5) is 8.78 Å². The molecule has 2 aromatic carbocycles. The van der Waals surface area contributed by atoms with Crippen LogP contribution >= 0.6 is 0 Å². The van der Waals surface area contributed by atoms with Crippen molar-refractivity contribution in [1.29, 1.82) is 0 Å². The van der Waals surface area contributed by atoms with Crippen molar-refractivity contribution in [2.24, 2.45) is 0 Å². The van der Waals surface area contributed by atoms with Gasteiger partial charge in [-0.3, -0.25) is 9.59 Å². The maximum atomic E-state index is 13.5. The van der Waals surface area contributed by atoms with Crippen molar-refractivity contribution in [2.75, 3.05) is 33.3 Å². The molecule has 7 heteroatoms. The first-order valence-corrected chi connectivity index (χ1v) is 8.63. The summed E-state index contributed by atoms with van der Waals surface area (Å²) in [5.41, 5.74) is 0.778. The summed E-state index contributed by atoms with van der Waals surface area (Å²) in [4.78, 5) is 28.3. The molecule has 3 rings (SSSR count). The lowest BCUT2D eigenvalue weighted by molar-refractivity contribution is -0.131. The lowest BCUT2D eigenvalue weighted by Gasteiger charge is -2.35. The standard InChI is InChI=1S/C20H20F2N2O3/c1-27-18-6-5-16(22)13-17(18)20(26)24-9-7-23(8-10-24)19(25)12-14-3-2-4-15(21)11-14/h2-6,11,13H,7-10,12H2,1H3. The number of nitrogens with zero attached hydrogens (tertiary/aromatic N) is 2. The van der Waals surface area contributed by atoms with E-state index in [9.17, 15) is 18.4 Å². The molecule has 1 saturated heterocycles. The van der Waals surface area contributed by atoms with Gasteiger partial charge in [0.2, 0.25) is 5.91 Å². The Bertz CT molecular complexity index is 849. The van der Waals surface area contributed by atoms with Gasteiger partial charge in [0.1, 0.15) is 17.4 Å². The molecule has 1 aliphatic heterocycles. The van der Waals surface area contributed by atoms with Gasteiger partial charge in [-0.15, -0.1) is 0 Å². The van der Waals surface area contributed by atoms with Gasteiger partial charge >= 0.3 is 0 Å². The average molecular weight is 374 g/mol. The number of rotatable bonds is 4. The molecule has 0 spiro atoms. The third kappa shape index (κ3) is 4.42. The molecule has 0 bridgehead atoms. The van der Waals surface area contributed by atoms with Gasteiger partial charge in [0.15, 0.2) is 0 Å². The lowest BCUT2D eigenvalue weighted by Crippen LogP contribution is -2.51. The third-order valence-corrected chi connectivity index (χ3v) is 4.56. The SMILES string of the molecule is COc1ccc(F)cc1C(=O)N1CCN(C(=O)Cc2cccc(F)c2)CC1. The molecule has 0 radical (unpaired) electrons. The van der Waals surface area contributed by atoms with E-state index in [1.165, 1.54) is 31.4 Å². The minimum Gasteiger partial charge on any atom is -0.496 e. The van der Waals surface area contributed by atoms with Crippen molar-refractivity contribution < 1.29 is 23.1 Å². The quantitative estimate of drug-likeness (QED) is 0.826. The van der Waals surface area contributed by atoms with E-state index >= 15 is 0 Å². The lowest BCUT2D eigenvalue weighted by atomic mass is 10.1. The Kier molecular flexibility index (Phi) is 5.69. The predicted molar refractivity (Wildman–Crippen MR) is 95.5 cm³/mol. The van der Waals surface area contributed by atoms with Gasteiger partial charge in [0.25, 0.3) is 5.91 Å². The van der Waals surface area contributed by atoms with Crippen LogP contribution in [0, 0.1) is 11.6 Å². The predicted octanol–water partition coefficient (Wildman–Crippen LogP) is 2.50. The zero-order chi connectivity index (χ0) is 19.4. The van der Waals surface area contributed by atoms with Crippen LogP contribution in [0.1, 0.15) is 15.9 Å². The molecule has 27 heavy (non-hydrogen) atoms. The van der Waals surface area contributed by atoms with Crippen LogP contribution in [0.15, 0.2) is 42.5 Å². The first-order chi connectivity index (χ1) is 13.0. The van der Waals surface area contributed by atoms with Gasteiger partial charge in [0.05, 0.1) is 19.1 Å². The highest BCUT2D eigenvalue weighted by Crippen LogP contribution is 2.22. The summed E-state index contributed by atoms with van der Waals surface area (Å²) in [5.74, 6) is -1.02. The molecule has 0 atom stereocenters. The fraction of sp³-hybridized carbons (Fsp3) is 0.300. The second kappa shape index (κ2) is 8.16. The normalized spacial score (nSPS) is 14.2. The first-order valence-electron chi connectivity index (χ1n) is 8.63. The van der Waals surface area contributed by atoms with Crippen LogP contribution in [0.25, 0.3) is 0 Å². The van der Waals surface area contributed by atoms with Crippen LogP contribution in [-0.4, -0.2) is 54.9 Å². The number of benzene rings is 2. The Morgan fingerprint density at radius 2 is 1.63 bits per heavy atom. The van der Waals surface area contributed by atoms with Crippen molar-refractivity contribution in [2.45, 2.75) is 6.42 Å². The molecule has 0 saturated carbocycles. The zero-order valence-electron chi connectivity index (χ0n) is 15.0. The highest BCUT2D eigenvalue weighted by Gasteiger charge is 2.26. The molecule has 5 nitrogen and oxygen atoms in total. The van der Waals surface area contributed by atoms with Gasteiger partial charge in [-0.2, -0.15) is 0 Å². The highest BCUT2D eigenvalue weighted by molar-refractivity contribution is 5.97. The minimum atomic E-state index is -0.511. The smallest absolute Gasteiger partial charge is 0.257 e. The van der Waals surface area contributed by atoms with E-state index in [0.29, 0.717) is 37.5 Å². The molecule has 2 amide bonds. The Labute approximate surface area is 156 Å². The van der Waals surface area contributed by atoms with Crippen LogP contribution in [-0.2, 0) is 11.2 Å². The van der Waals surface area contributed by atoms with Crippen molar-refractivity contribution in [3.8, 4) is 5.75 Å². The number of halogens is 2. The van der Waals surface area contributed by atoms with E-state index < -0.39 is 5.82 Å². The Morgan fingerprint density at radius 3 is 2.30 bits per heavy atom. The molecule has 1 aliphatic rings. The summed E-state index contributed by atoms with van der Waals surface area (Å²) in [5, 5.41) is 0. The molecular formula is C20H20F2N2O3.